The van der Waals surface area contributed by atoms with Gasteiger partial charge in [-0.3, -0.25) is 4.79 Å². The predicted molar refractivity (Wildman–Crippen MR) is 102 cm³/mol. The van der Waals surface area contributed by atoms with E-state index in [1.807, 2.05) is 6.07 Å². The second kappa shape index (κ2) is 9.06. The zero-order valence-corrected chi connectivity index (χ0v) is 15.5. The summed E-state index contributed by atoms with van der Waals surface area (Å²) < 4.78 is 33.0. The molecule has 6 nitrogen and oxygen atoms in total. The van der Waals surface area contributed by atoms with Crippen LogP contribution in [0.15, 0.2) is 53.8 Å². The van der Waals surface area contributed by atoms with Crippen LogP contribution in [0.3, 0.4) is 0 Å². The number of hydrogen-bond donors (Lipinski definition) is 0. The fraction of sp³-hybridized carbons (Fsp3) is 0.238. The van der Waals surface area contributed by atoms with Crippen molar-refractivity contribution in [2.45, 2.75) is 25.3 Å². The number of aromatic nitrogens is 1. The summed E-state index contributed by atoms with van der Waals surface area (Å²) >= 11 is 0. The van der Waals surface area contributed by atoms with Gasteiger partial charge in [0.1, 0.15) is 24.3 Å². The van der Waals surface area contributed by atoms with Crippen LogP contribution in [0, 0.1) is 23.0 Å². The van der Waals surface area contributed by atoms with Crippen LogP contribution in [0.4, 0.5) is 8.78 Å². The summed E-state index contributed by atoms with van der Waals surface area (Å²) in [5, 5.41) is 14.0. The van der Waals surface area contributed by atoms with Gasteiger partial charge in [-0.05, 0) is 36.3 Å². The van der Waals surface area contributed by atoms with Gasteiger partial charge in [-0.1, -0.05) is 6.58 Å². The van der Waals surface area contributed by atoms with E-state index in [0.29, 0.717) is 29.9 Å². The van der Waals surface area contributed by atoms with E-state index >= 15 is 0 Å². The van der Waals surface area contributed by atoms with Crippen LogP contribution >= 0.6 is 0 Å². The molecule has 1 aromatic carbocycles. The van der Waals surface area contributed by atoms with E-state index < -0.39 is 17.7 Å². The Morgan fingerprint density at radius 3 is 2.86 bits per heavy atom. The molecule has 1 amide bonds. The van der Waals surface area contributed by atoms with Crippen LogP contribution in [0.2, 0.25) is 0 Å². The van der Waals surface area contributed by atoms with Crippen molar-refractivity contribution in [1.29, 1.82) is 5.26 Å². The smallest absolute Gasteiger partial charge is 0.243 e. The van der Waals surface area contributed by atoms with Gasteiger partial charge in [-0.25, -0.2) is 18.8 Å². The summed E-state index contributed by atoms with van der Waals surface area (Å²) in [6.45, 7) is 4.05. The summed E-state index contributed by atoms with van der Waals surface area (Å²) in [6.07, 6.45) is 3.69. The SMILES string of the molecule is C=C(CCC(=O)N1N=CCC1c1cc(F)ccc1F)COc1ccc(C#N)cn1. The molecule has 1 atom stereocenters. The number of nitriles is 1. The number of halogens is 2. The number of hydrazone groups is 1. The van der Waals surface area contributed by atoms with Crippen molar-refractivity contribution in [2.75, 3.05) is 6.61 Å². The van der Waals surface area contributed by atoms with E-state index in [9.17, 15) is 13.6 Å². The normalized spacial score (nSPS) is 15.2. The van der Waals surface area contributed by atoms with Crippen LogP contribution < -0.4 is 4.74 Å². The lowest BCUT2D eigenvalue weighted by atomic mass is 10.0. The van der Waals surface area contributed by atoms with E-state index in [-0.39, 0.29) is 24.5 Å². The molecule has 2 heterocycles. The third kappa shape index (κ3) is 5.02. The molecule has 0 N–H and O–H groups in total. The average molecular weight is 396 g/mol. The molecule has 1 unspecified atom stereocenters. The van der Waals surface area contributed by atoms with Crippen LogP contribution in [0.25, 0.3) is 0 Å². The third-order valence-electron chi connectivity index (χ3n) is 4.38. The second-order valence-electron chi connectivity index (χ2n) is 6.49. The minimum absolute atomic E-state index is 0.102. The first-order valence-electron chi connectivity index (χ1n) is 8.93. The largest absolute Gasteiger partial charge is 0.473 e. The molecule has 0 saturated heterocycles. The van der Waals surface area contributed by atoms with Gasteiger partial charge in [0, 0.05) is 36.9 Å². The van der Waals surface area contributed by atoms with E-state index in [0.717, 1.165) is 18.2 Å². The van der Waals surface area contributed by atoms with Crippen molar-refractivity contribution in [3.8, 4) is 11.9 Å². The van der Waals surface area contributed by atoms with Crippen molar-refractivity contribution in [3.63, 3.8) is 0 Å². The third-order valence-corrected chi connectivity index (χ3v) is 4.38. The fourth-order valence-electron chi connectivity index (χ4n) is 2.86. The minimum atomic E-state index is -0.662. The molecule has 0 spiro atoms. The van der Waals surface area contributed by atoms with Gasteiger partial charge >= 0.3 is 0 Å². The Kier molecular flexibility index (Phi) is 6.29. The van der Waals surface area contributed by atoms with Crippen molar-refractivity contribution < 1.29 is 18.3 Å². The lowest BCUT2D eigenvalue weighted by Gasteiger charge is -2.23. The molecule has 3 rings (SSSR count). The van der Waals surface area contributed by atoms with Crippen LogP contribution in [0.5, 0.6) is 5.88 Å². The number of benzene rings is 1. The van der Waals surface area contributed by atoms with Gasteiger partial charge in [0.25, 0.3) is 0 Å². The minimum Gasteiger partial charge on any atom is -0.473 e. The van der Waals surface area contributed by atoms with Gasteiger partial charge < -0.3 is 4.74 Å². The van der Waals surface area contributed by atoms with Crippen molar-refractivity contribution in [2.24, 2.45) is 5.10 Å². The van der Waals surface area contributed by atoms with Gasteiger partial charge in [-0.15, -0.1) is 0 Å². The maximum atomic E-state index is 14.1. The maximum absolute atomic E-state index is 14.1. The Balaban J connectivity index is 1.52. The standard InChI is InChI=1S/C21H18F2N4O2/c1-14(13-29-20-6-3-15(11-24)12-25-20)2-7-21(28)27-19(8-9-26-27)17-10-16(22)4-5-18(17)23/h3-6,9-10,12,19H,1-2,7-8,13H2. The number of amides is 1. The Morgan fingerprint density at radius 2 is 2.14 bits per heavy atom. The first-order chi connectivity index (χ1) is 14.0. The Hall–Kier alpha value is -3.60. The molecule has 0 bridgehead atoms. The van der Waals surface area contributed by atoms with E-state index in [1.54, 1.807) is 12.1 Å². The van der Waals surface area contributed by atoms with E-state index in [4.69, 9.17) is 10.00 Å². The summed E-state index contributed by atoms with van der Waals surface area (Å²) in [5.74, 6) is -1.11. The van der Waals surface area contributed by atoms with E-state index in [2.05, 4.69) is 16.7 Å². The lowest BCUT2D eigenvalue weighted by molar-refractivity contribution is -0.133. The Morgan fingerprint density at radius 1 is 1.31 bits per heavy atom. The summed E-state index contributed by atoms with van der Waals surface area (Å²) in [6, 6.07) is 7.64. The lowest BCUT2D eigenvalue weighted by Crippen LogP contribution is -2.27. The summed E-state index contributed by atoms with van der Waals surface area (Å²) in [7, 11) is 0. The van der Waals surface area contributed by atoms with Crippen LogP contribution in [-0.4, -0.2) is 28.7 Å². The predicted octanol–water partition coefficient (Wildman–Crippen LogP) is 3.91. The number of rotatable bonds is 7. The quantitative estimate of drug-likeness (QED) is 0.665. The maximum Gasteiger partial charge on any atom is 0.243 e. The van der Waals surface area contributed by atoms with Crippen molar-refractivity contribution in [1.82, 2.24) is 9.99 Å². The number of ether oxygens (including phenoxy) is 1. The highest BCUT2D eigenvalue weighted by Gasteiger charge is 2.30. The second-order valence-corrected chi connectivity index (χ2v) is 6.49. The molecule has 1 aliphatic heterocycles. The molecule has 8 heteroatoms. The Labute approximate surface area is 166 Å². The first-order valence-corrected chi connectivity index (χ1v) is 8.93. The number of nitrogens with zero attached hydrogens (tertiary/aromatic N) is 4. The highest BCUT2D eigenvalue weighted by atomic mass is 19.1. The van der Waals surface area contributed by atoms with Gasteiger partial charge in [0.05, 0.1) is 11.6 Å². The average Bonchev–Trinajstić information content (AvgIpc) is 3.22. The van der Waals surface area contributed by atoms with Gasteiger partial charge in [0.15, 0.2) is 0 Å². The highest BCUT2D eigenvalue weighted by molar-refractivity contribution is 5.80. The molecule has 1 aromatic heterocycles. The molecule has 0 saturated carbocycles. The topological polar surface area (TPSA) is 78.6 Å². The Bertz CT molecular complexity index is 983. The number of hydrogen-bond acceptors (Lipinski definition) is 5. The monoisotopic (exact) mass is 396 g/mol. The van der Waals surface area contributed by atoms with Crippen LogP contribution in [0.1, 0.15) is 36.4 Å². The number of pyridine rings is 1. The van der Waals surface area contributed by atoms with Crippen molar-refractivity contribution in [3.05, 3.63) is 71.4 Å². The molecule has 0 fully saturated rings. The summed E-state index contributed by atoms with van der Waals surface area (Å²) in [5.41, 5.74) is 1.20. The zero-order valence-electron chi connectivity index (χ0n) is 15.5. The molecular weight excluding hydrogens is 378 g/mol. The molecule has 0 aliphatic carbocycles. The van der Waals surface area contributed by atoms with E-state index in [1.165, 1.54) is 17.4 Å². The molecule has 29 heavy (non-hydrogen) atoms. The summed E-state index contributed by atoms with van der Waals surface area (Å²) in [4.78, 5) is 16.5. The zero-order chi connectivity index (χ0) is 20.8. The van der Waals surface area contributed by atoms with Gasteiger partial charge in [0.2, 0.25) is 11.8 Å². The molecule has 1 aliphatic rings. The molecular formula is C21H18F2N4O2. The molecule has 2 aromatic rings. The fourth-order valence-corrected chi connectivity index (χ4v) is 2.86. The number of carbonyl (C=O) groups excluding carboxylic acids is 1. The molecule has 0 radical (unpaired) electrons. The van der Waals surface area contributed by atoms with Crippen LogP contribution in [-0.2, 0) is 4.79 Å². The highest BCUT2D eigenvalue weighted by Crippen LogP contribution is 2.31. The van der Waals surface area contributed by atoms with Crippen molar-refractivity contribution >= 4 is 12.1 Å². The van der Waals surface area contributed by atoms with Gasteiger partial charge in [-0.2, -0.15) is 10.4 Å². The molecule has 148 valence electrons. The number of carbonyl (C=O) groups is 1. The first kappa shape index (κ1) is 20.1.